The van der Waals surface area contributed by atoms with Crippen LogP contribution in [0.5, 0.6) is 0 Å². The summed E-state index contributed by atoms with van der Waals surface area (Å²) < 4.78 is 50.5. The summed E-state index contributed by atoms with van der Waals surface area (Å²) in [5.74, 6) is -5.11. The smallest absolute Gasteiger partial charge is 0.462 e. The Kier molecular flexibility index (Phi) is 10.1. The molecule has 0 atom stereocenters. The molecule has 0 spiro atoms. The summed E-state index contributed by atoms with van der Waals surface area (Å²) in [7, 11) is 0. The number of carbonyl (C=O) groups is 4. The molecule has 0 saturated heterocycles. The van der Waals surface area contributed by atoms with E-state index in [4.69, 9.17) is 9.47 Å². The van der Waals surface area contributed by atoms with Crippen molar-refractivity contribution in [2.45, 2.75) is 72.2 Å². The number of alkyl halides is 3. The van der Waals surface area contributed by atoms with Gasteiger partial charge in [-0.15, -0.1) is 0 Å². The van der Waals surface area contributed by atoms with E-state index in [0.717, 1.165) is 0 Å². The second kappa shape index (κ2) is 11.8. The molecule has 0 aliphatic heterocycles. The van der Waals surface area contributed by atoms with Crippen molar-refractivity contribution in [1.82, 2.24) is 10.3 Å². The van der Waals surface area contributed by atoms with Gasteiger partial charge in [0.15, 0.2) is 0 Å². The topological polar surface area (TPSA) is 124 Å². The van der Waals surface area contributed by atoms with Crippen molar-refractivity contribution < 1.29 is 46.6 Å². The Balaban J connectivity index is 2.86. The SMILES string of the molecule is CCOC(=O)c1c(CNCCCC(=O)OC(=O)C(F)(F)F)[nH]c(C(=O)OC(C)(C)C)c1CC. The average Bonchev–Trinajstić information content (AvgIpc) is 3.04. The van der Waals surface area contributed by atoms with Crippen molar-refractivity contribution in [3.63, 3.8) is 0 Å². The van der Waals surface area contributed by atoms with Gasteiger partial charge in [-0.05, 0) is 52.6 Å². The Labute approximate surface area is 189 Å². The molecule has 1 rings (SSSR count). The third kappa shape index (κ3) is 8.87. The highest BCUT2D eigenvalue weighted by atomic mass is 19.4. The van der Waals surface area contributed by atoms with Crippen LogP contribution in [0.25, 0.3) is 0 Å². The minimum atomic E-state index is -5.24. The standard InChI is InChI=1S/C21H29F3N2O7/c1-6-12-15(17(28)31-7-2)13(26-16(12)18(29)33-20(3,4)5)11-25-10-8-9-14(27)32-19(30)21(22,23)24/h25-26H,6-11H2,1-5H3. The van der Waals surface area contributed by atoms with Crippen molar-refractivity contribution in [3.05, 3.63) is 22.5 Å². The average molecular weight is 478 g/mol. The van der Waals surface area contributed by atoms with E-state index in [1.54, 1.807) is 34.6 Å². The number of ether oxygens (including phenoxy) is 3. The predicted molar refractivity (Wildman–Crippen MR) is 109 cm³/mol. The van der Waals surface area contributed by atoms with E-state index in [1.165, 1.54) is 0 Å². The van der Waals surface area contributed by atoms with Crippen molar-refractivity contribution >= 4 is 23.9 Å². The molecular formula is C21H29F3N2O7. The van der Waals surface area contributed by atoms with Crippen LogP contribution in [0.4, 0.5) is 13.2 Å². The lowest BCUT2D eigenvalue weighted by molar-refractivity contribution is -0.201. The van der Waals surface area contributed by atoms with Gasteiger partial charge in [0.1, 0.15) is 11.3 Å². The summed E-state index contributed by atoms with van der Waals surface area (Å²) in [4.78, 5) is 50.0. The van der Waals surface area contributed by atoms with E-state index < -0.39 is 42.1 Å². The molecule has 0 radical (unpaired) electrons. The first kappa shape index (κ1) is 28.1. The number of aromatic nitrogens is 1. The molecule has 12 heteroatoms. The first-order chi connectivity index (χ1) is 15.2. The molecule has 186 valence electrons. The van der Waals surface area contributed by atoms with E-state index in [-0.39, 0.29) is 37.4 Å². The van der Waals surface area contributed by atoms with Gasteiger partial charge in [0.05, 0.1) is 12.2 Å². The fourth-order valence-electron chi connectivity index (χ4n) is 2.82. The number of hydrogen-bond donors (Lipinski definition) is 2. The van der Waals surface area contributed by atoms with Crippen molar-refractivity contribution in [2.75, 3.05) is 13.2 Å². The van der Waals surface area contributed by atoms with Crippen LogP contribution in [0.1, 0.15) is 79.6 Å². The first-order valence-corrected chi connectivity index (χ1v) is 10.4. The summed E-state index contributed by atoms with van der Waals surface area (Å²) in [6.07, 6.45) is -5.25. The monoisotopic (exact) mass is 478 g/mol. The maximum absolute atomic E-state index is 12.6. The lowest BCUT2D eigenvalue weighted by atomic mass is 10.1. The Hall–Kier alpha value is -2.89. The Bertz CT molecular complexity index is 870. The third-order valence-electron chi connectivity index (χ3n) is 4.09. The molecule has 9 nitrogen and oxygen atoms in total. The zero-order valence-corrected chi connectivity index (χ0v) is 19.2. The van der Waals surface area contributed by atoms with Crippen molar-refractivity contribution in [1.29, 1.82) is 0 Å². The molecule has 0 aliphatic carbocycles. The van der Waals surface area contributed by atoms with Crippen LogP contribution in [0.3, 0.4) is 0 Å². The van der Waals surface area contributed by atoms with E-state index in [2.05, 4.69) is 15.0 Å². The van der Waals surface area contributed by atoms with Gasteiger partial charge in [-0.1, -0.05) is 6.92 Å². The van der Waals surface area contributed by atoms with Gasteiger partial charge in [0.2, 0.25) is 0 Å². The number of nitrogens with one attached hydrogen (secondary N) is 2. The molecular weight excluding hydrogens is 449 g/mol. The van der Waals surface area contributed by atoms with Crippen LogP contribution in [-0.2, 0) is 36.8 Å². The molecule has 0 bridgehead atoms. The Morgan fingerprint density at radius 3 is 2.18 bits per heavy atom. The molecule has 0 unspecified atom stereocenters. The molecule has 0 amide bonds. The number of rotatable bonds is 10. The van der Waals surface area contributed by atoms with Crippen LogP contribution in [0.15, 0.2) is 0 Å². The van der Waals surface area contributed by atoms with Gasteiger partial charge in [-0.3, -0.25) is 4.79 Å². The molecule has 0 aliphatic rings. The van der Waals surface area contributed by atoms with Crippen molar-refractivity contribution in [3.8, 4) is 0 Å². The van der Waals surface area contributed by atoms with Gasteiger partial charge in [-0.25, -0.2) is 14.4 Å². The van der Waals surface area contributed by atoms with Gasteiger partial charge >= 0.3 is 30.1 Å². The van der Waals surface area contributed by atoms with Gasteiger partial charge in [0, 0.05) is 18.7 Å². The number of carbonyl (C=O) groups excluding carboxylic acids is 4. The molecule has 1 aromatic rings. The molecule has 0 fully saturated rings. The largest absolute Gasteiger partial charge is 0.491 e. The molecule has 0 aromatic carbocycles. The van der Waals surface area contributed by atoms with E-state index in [9.17, 15) is 32.3 Å². The van der Waals surface area contributed by atoms with Crippen LogP contribution < -0.4 is 5.32 Å². The number of aromatic amines is 1. The number of halogens is 3. The summed E-state index contributed by atoms with van der Waals surface area (Å²) in [6, 6.07) is 0. The second-order valence-electron chi connectivity index (χ2n) is 7.95. The molecule has 1 heterocycles. The van der Waals surface area contributed by atoms with E-state index >= 15 is 0 Å². The normalized spacial score (nSPS) is 11.8. The zero-order chi connectivity index (χ0) is 25.4. The molecule has 33 heavy (non-hydrogen) atoms. The maximum Gasteiger partial charge on any atom is 0.491 e. The number of esters is 4. The third-order valence-corrected chi connectivity index (χ3v) is 4.09. The number of H-pyrrole nitrogens is 1. The fraction of sp³-hybridized carbons (Fsp3) is 0.619. The highest BCUT2D eigenvalue weighted by Crippen LogP contribution is 2.24. The van der Waals surface area contributed by atoms with Crippen LogP contribution in [0.2, 0.25) is 0 Å². The Morgan fingerprint density at radius 1 is 1.03 bits per heavy atom. The zero-order valence-electron chi connectivity index (χ0n) is 19.2. The lowest BCUT2D eigenvalue weighted by Crippen LogP contribution is -2.28. The van der Waals surface area contributed by atoms with Crippen molar-refractivity contribution in [2.24, 2.45) is 0 Å². The van der Waals surface area contributed by atoms with Crippen LogP contribution >= 0.6 is 0 Å². The van der Waals surface area contributed by atoms with Gasteiger partial charge in [-0.2, -0.15) is 13.2 Å². The maximum atomic E-state index is 12.6. The minimum Gasteiger partial charge on any atom is -0.462 e. The van der Waals surface area contributed by atoms with Crippen LogP contribution in [0, 0.1) is 0 Å². The van der Waals surface area contributed by atoms with Gasteiger partial charge < -0.3 is 24.5 Å². The van der Waals surface area contributed by atoms with Gasteiger partial charge in [0.25, 0.3) is 0 Å². The van der Waals surface area contributed by atoms with E-state index in [1.807, 2.05) is 0 Å². The van der Waals surface area contributed by atoms with Crippen LogP contribution in [-0.4, -0.2) is 53.8 Å². The highest BCUT2D eigenvalue weighted by molar-refractivity contribution is 5.99. The summed E-state index contributed by atoms with van der Waals surface area (Å²) >= 11 is 0. The molecule has 1 aromatic heterocycles. The first-order valence-electron chi connectivity index (χ1n) is 10.4. The summed E-state index contributed by atoms with van der Waals surface area (Å²) in [6.45, 7) is 8.89. The fourth-order valence-corrected chi connectivity index (χ4v) is 2.82. The quantitative estimate of drug-likeness (QED) is 0.227. The Morgan fingerprint density at radius 2 is 1.67 bits per heavy atom. The minimum absolute atomic E-state index is 0.0684. The molecule has 0 saturated carbocycles. The predicted octanol–water partition coefficient (Wildman–Crippen LogP) is 3.21. The second-order valence-corrected chi connectivity index (χ2v) is 7.95. The summed E-state index contributed by atoms with van der Waals surface area (Å²) in [5.41, 5.74) is 0.372. The molecule has 2 N–H and O–H groups in total. The highest BCUT2D eigenvalue weighted by Gasteiger charge is 2.42. The van der Waals surface area contributed by atoms with E-state index in [0.29, 0.717) is 17.7 Å². The summed E-state index contributed by atoms with van der Waals surface area (Å²) in [5, 5.41) is 2.92. The lowest BCUT2D eigenvalue weighted by Gasteiger charge is -2.19. The number of hydrogen-bond acceptors (Lipinski definition) is 8.